The lowest BCUT2D eigenvalue weighted by molar-refractivity contribution is 0.764. The van der Waals surface area contributed by atoms with Crippen molar-refractivity contribution in [2.45, 2.75) is 19.8 Å². The molecule has 60 valence electrons. The third-order valence-corrected chi connectivity index (χ3v) is 1.33. The van der Waals surface area contributed by atoms with Gasteiger partial charge >= 0.3 is 0 Å². The van der Waals surface area contributed by atoms with Crippen LogP contribution in [0.5, 0.6) is 0 Å². The number of hydrogen-bond donors (Lipinski definition) is 1. The average Bonchev–Trinajstić information content (AvgIpc) is 1.85. The summed E-state index contributed by atoms with van der Waals surface area (Å²) >= 11 is 5.55. The van der Waals surface area contributed by atoms with Gasteiger partial charge in [-0.3, -0.25) is 0 Å². The third kappa shape index (κ3) is 2.01. The van der Waals surface area contributed by atoms with Gasteiger partial charge in [0.25, 0.3) is 0 Å². The molecule has 4 nitrogen and oxygen atoms in total. The van der Waals surface area contributed by atoms with E-state index in [9.17, 15) is 0 Å². The first-order valence-corrected chi connectivity index (χ1v) is 3.64. The number of hydrogen-bond acceptors (Lipinski definition) is 4. The fourth-order valence-corrected chi connectivity index (χ4v) is 0.813. The fourth-order valence-electron chi connectivity index (χ4n) is 0.640. The number of rotatable bonds is 1. The Morgan fingerprint density at radius 1 is 1.27 bits per heavy atom. The molecular formula is C6H9ClN4. The second-order valence-electron chi connectivity index (χ2n) is 2.48. The highest BCUT2D eigenvalue weighted by molar-refractivity contribution is 6.28. The Bertz CT molecular complexity index is 241. The molecular weight excluding hydrogens is 164 g/mol. The van der Waals surface area contributed by atoms with Gasteiger partial charge < -0.3 is 5.73 Å². The lowest BCUT2D eigenvalue weighted by Gasteiger charge is -2.02. The Morgan fingerprint density at radius 3 is 2.36 bits per heavy atom. The van der Waals surface area contributed by atoms with E-state index < -0.39 is 0 Å². The van der Waals surface area contributed by atoms with Gasteiger partial charge in [-0.25, -0.2) is 4.98 Å². The summed E-state index contributed by atoms with van der Waals surface area (Å²) in [6.07, 6.45) is 0. The summed E-state index contributed by atoms with van der Waals surface area (Å²) in [5.74, 6) is 1.02. The molecule has 0 aliphatic carbocycles. The molecule has 0 saturated carbocycles. The van der Waals surface area contributed by atoms with Gasteiger partial charge in [0.2, 0.25) is 11.2 Å². The van der Waals surface area contributed by atoms with Crippen LogP contribution < -0.4 is 5.73 Å². The highest BCUT2D eigenvalue weighted by Gasteiger charge is 2.05. The van der Waals surface area contributed by atoms with Gasteiger partial charge in [-0.05, 0) is 11.6 Å². The van der Waals surface area contributed by atoms with Crippen LogP contribution >= 0.6 is 11.6 Å². The molecule has 5 heteroatoms. The molecule has 1 heterocycles. The Kier molecular flexibility index (Phi) is 2.24. The maximum Gasteiger partial charge on any atom is 0.227 e. The minimum absolute atomic E-state index is 0.154. The van der Waals surface area contributed by atoms with E-state index in [2.05, 4.69) is 15.0 Å². The van der Waals surface area contributed by atoms with Gasteiger partial charge in [-0.15, -0.1) is 0 Å². The monoisotopic (exact) mass is 172 g/mol. The van der Waals surface area contributed by atoms with Crippen LogP contribution in [-0.2, 0) is 0 Å². The molecule has 0 fully saturated rings. The second-order valence-corrected chi connectivity index (χ2v) is 2.81. The number of halogens is 1. The summed E-state index contributed by atoms with van der Waals surface area (Å²) in [4.78, 5) is 11.4. The van der Waals surface area contributed by atoms with Gasteiger partial charge in [0.05, 0.1) is 0 Å². The molecule has 2 N–H and O–H groups in total. The molecule has 0 amide bonds. The van der Waals surface area contributed by atoms with E-state index >= 15 is 0 Å². The Balaban J connectivity index is 3.08. The SMILES string of the molecule is CC(C)c1nc(N)nc(Cl)n1. The van der Waals surface area contributed by atoms with Crippen molar-refractivity contribution in [3.63, 3.8) is 0 Å². The van der Waals surface area contributed by atoms with Crippen LogP contribution in [0.3, 0.4) is 0 Å². The maximum atomic E-state index is 5.55. The lowest BCUT2D eigenvalue weighted by atomic mass is 10.2. The zero-order valence-corrected chi connectivity index (χ0v) is 7.13. The molecule has 0 unspecified atom stereocenters. The second kappa shape index (κ2) is 3.00. The van der Waals surface area contributed by atoms with Crippen LogP contribution in [-0.4, -0.2) is 15.0 Å². The molecule has 1 aromatic heterocycles. The molecule has 1 rings (SSSR count). The molecule has 0 aliphatic rings. The average molecular weight is 173 g/mol. The first-order valence-electron chi connectivity index (χ1n) is 3.26. The Hall–Kier alpha value is -0.900. The Morgan fingerprint density at radius 2 is 1.91 bits per heavy atom. The number of aromatic nitrogens is 3. The summed E-state index contributed by atoms with van der Waals surface area (Å²) in [6.45, 7) is 3.93. The molecule has 0 aliphatic heterocycles. The zero-order chi connectivity index (χ0) is 8.43. The molecule has 0 spiro atoms. The number of nitrogens with zero attached hydrogens (tertiary/aromatic N) is 3. The number of nitrogen functional groups attached to an aromatic ring is 1. The summed E-state index contributed by atoms with van der Waals surface area (Å²) < 4.78 is 0. The summed E-state index contributed by atoms with van der Waals surface area (Å²) in [5.41, 5.74) is 5.35. The maximum absolute atomic E-state index is 5.55. The van der Waals surface area contributed by atoms with Gasteiger partial charge in [0.1, 0.15) is 5.82 Å². The van der Waals surface area contributed by atoms with Crippen LogP contribution in [0.2, 0.25) is 5.28 Å². The quantitative estimate of drug-likeness (QED) is 0.692. The Labute approximate surface area is 69.8 Å². The van der Waals surface area contributed by atoms with Crippen molar-refractivity contribution in [3.05, 3.63) is 11.1 Å². The van der Waals surface area contributed by atoms with Gasteiger partial charge in [0, 0.05) is 5.92 Å². The van der Waals surface area contributed by atoms with E-state index in [1.54, 1.807) is 0 Å². The minimum atomic E-state index is 0.154. The van der Waals surface area contributed by atoms with Gasteiger partial charge in [-0.1, -0.05) is 13.8 Å². The van der Waals surface area contributed by atoms with E-state index in [1.165, 1.54) is 0 Å². The van der Waals surface area contributed by atoms with Gasteiger partial charge in [0.15, 0.2) is 0 Å². The van der Waals surface area contributed by atoms with Crippen molar-refractivity contribution in [1.82, 2.24) is 15.0 Å². The molecule has 11 heavy (non-hydrogen) atoms. The highest BCUT2D eigenvalue weighted by Crippen LogP contribution is 2.11. The summed E-state index contributed by atoms with van der Waals surface area (Å²) in [7, 11) is 0. The van der Waals surface area contributed by atoms with E-state index in [1.807, 2.05) is 13.8 Å². The van der Waals surface area contributed by atoms with E-state index in [-0.39, 0.29) is 17.1 Å². The van der Waals surface area contributed by atoms with Crippen LogP contribution in [0.25, 0.3) is 0 Å². The van der Waals surface area contributed by atoms with Crippen LogP contribution in [0.1, 0.15) is 25.6 Å². The molecule has 0 saturated heterocycles. The van der Waals surface area contributed by atoms with Crippen molar-refractivity contribution in [1.29, 1.82) is 0 Å². The van der Waals surface area contributed by atoms with Crippen molar-refractivity contribution in [2.75, 3.05) is 5.73 Å². The number of anilines is 1. The first kappa shape index (κ1) is 8.20. The molecule has 0 atom stereocenters. The van der Waals surface area contributed by atoms with E-state index in [0.717, 1.165) is 0 Å². The predicted octanol–water partition coefficient (Wildman–Crippen LogP) is 1.23. The van der Waals surface area contributed by atoms with E-state index in [0.29, 0.717) is 5.82 Å². The van der Waals surface area contributed by atoms with Gasteiger partial charge in [-0.2, -0.15) is 9.97 Å². The predicted molar refractivity (Wildman–Crippen MR) is 43.3 cm³/mol. The fraction of sp³-hybridized carbons (Fsp3) is 0.500. The molecule has 0 aromatic carbocycles. The van der Waals surface area contributed by atoms with Crippen molar-refractivity contribution in [2.24, 2.45) is 0 Å². The standard InChI is InChI=1S/C6H9ClN4/c1-3(2)4-9-5(7)11-6(8)10-4/h3H,1-2H3,(H2,8,9,10,11). The minimum Gasteiger partial charge on any atom is -0.368 e. The lowest BCUT2D eigenvalue weighted by Crippen LogP contribution is -2.04. The highest BCUT2D eigenvalue weighted by atomic mass is 35.5. The van der Waals surface area contributed by atoms with Crippen molar-refractivity contribution in [3.8, 4) is 0 Å². The van der Waals surface area contributed by atoms with Crippen molar-refractivity contribution < 1.29 is 0 Å². The summed E-state index contributed by atoms with van der Waals surface area (Å²) in [5, 5.41) is 0.154. The van der Waals surface area contributed by atoms with Crippen molar-refractivity contribution >= 4 is 17.5 Å². The van der Waals surface area contributed by atoms with Crippen LogP contribution in [0.4, 0.5) is 5.95 Å². The van der Waals surface area contributed by atoms with E-state index in [4.69, 9.17) is 17.3 Å². The largest absolute Gasteiger partial charge is 0.368 e. The smallest absolute Gasteiger partial charge is 0.227 e. The molecule has 1 aromatic rings. The van der Waals surface area contributed by atoms with Crippen LogP contribution in [0, 0.1) is 0 Å². The normalized spacial score (nSPS) is 10.5. The zero-order valence-electron chi connectivity index (χ0n) is 6.37. The number of nitrogens with two attached hydrogens (primary N) is 1. The topological polar surface area (TPSA) is 64.7 Å². The third-order valence-electron chi connectivity index (χ3n) is 1.16. The first-order chi connectivity index (χ1) is 5.09. The molecule has 0 radical (unpaired) electrons. The summed E-state index contributed by atoms with van der Waals surface area (Å²) in [6, 6.07) is 0. The molecule has 0 bridgehead atoms. The van der Waals surface area contributed by atoms with Crippen LogP contribution in [0.15, 0.2) is 0 Å².